The summed E-state index contributed by atoms with van der Waals surface area (Å²) in [6.45, 7) is 0. The molecule has 3 aromatic heterocycles. The van der Waals surface area contributed by atoms with E-state index in [1.165, 1.54) is 21.8 Å². The summed E-state index contributed by atoms with van der Waals surface area (Å²) in [5.41, 5.74) is 8.70. The van der Waals surface area contributed by atoms with Crippen molar-refractivity contribution < 1.29 is 0 Å². The molecule has 0 unspecified atom stereocenters. The minimum absolute atomic E-state index is 0.887. The molecule has 0 amide bonds. The average Bonchev–Trinajstić information content (AvgIpc) is 3.53. The van der Waals surface area contributed by atoms with Crippen molar-refractivity contribution in [3.05, 3.63) is 140 Å². The third kappa shape index (κ3) is 3.42. The monoisotopic (exact) mass is 500 g/mol. The smallest absolute Gasteiger partial charge is 0.138 e. The summed E-state index contributed by atoms with van der Waals surface area (Å²) in [6, 6.07) is 47.0. The van der Waals surface area contributed by atoms with E-state index in [0.29, 0.717) is 0 Å². The highest BCUT2D eigenvalue weighted by Crippen LogP contribution is 2.38. The Morgan fingerprint density at radius 3 is 1.74 bits per heavy atom. The van der Waals surface area contributed by atoms with E-state index in [1.807, 2.05) is 6.20 Å². The number of para-hydroxylation sites is 4. The van der Waals surface area contributed by atoms with Crippen LogP contribution >= 0.6 is 0 Å². The summed E-state index contributed by atoms with van der Waals surface area (Å²) < 4.78 is 2.32. The van der Waals surface area contributed by atoms with Gasteiger partial charge >= 0.3 is 0 Å². The number of fused-ring (bicyclic) bond motifs is 6. The number of anilines is 3. The average molecular weight is 501 g/mol. The molecule has 0 aliphatic rings. The Bertz CT molecular complexity index is 2030. The van der Waals surface area contributed by atoms with Crippen LogP contribution in [0, 0.1) is 0 Å². The Kier molecular flexibility index (Phi) is 4.79. The first kappa shape index (κ1) is 21.7. The molecule has 0 saturated carbocycles. The maximum Gasteiger partial charge on any atom is 0.138 e. The lowest BCUT2D eigenvalue weighted by atomic mass is 10.1. The number of hydrogen-bond acceptors (Lipinski definition) is 2. The third-order valence-electron chi connectivity index (χ3n) is 7.54. The zero-order valence-corrected chi connectivity index (χ0v) is 21.1. The van der Waals surface area contributed by atoms with E-state index in [-0.39, 0.29) is 0 Å². The quantitative estimate of drug-likeness (QED) is 0.261. The molecule has 0 spiro atoms. The van der Waals surface area contributed by atoms with Crippen LogP contribution in [-0.2, 0) is 0 Å². The molecule has 3 heterocycles. The molecule has 8 aromatic rings. The van der Waals surface area contributed by atoms with Gasteiger partial charge < -0.3 is 14.5 Å². The molecular weight excluding hydrogens is 476 g/mol. The van der Waals surface area contributed by atoms with Crippen LogP contribution in [0.25, 0.3) is 49.4 Å². The highest BCUT2D eigenvalue weighted by atomic mass is 15.1. The second kappa shape index (κ2) is 8.61. The summed E-state index contributed by atoms with van der Waals surface area (Å²) in [5.74, 6) is 0. The van der Waals surface area contributed by atoms with E-state index < -0.39 is 0 Å². The lowest BCUT2D eigenvalue weighted by Crippen LogP contribution is -2.09. The molecule has 4 heteroatoms. The number of aromatic nitrogens is 3. The molecule has 184 valence electrons. The molecule has 0 aliphatic carbocycles. The molecular formula is C35H24N4. The fraction of sp³-hybridized carbons (Fsp3) is 0. The normalized spacial score (nSPS) is 11.6. The van der Waals surface area contributed by atoms with Crippen molar-refractivity contribution in [1.82, 2.24) is 14.5 Å². The van der Waals surface area contributed by atoms with E-state index in [1.54, 1.807) is 0 Å². The molecule has 0 saturated heterocycles. The molecule has 39 heavy (non-hydrogen) atoms. The first-order valence-electron chi connectivity index (χ1n) is 13.2. The van der Waals surface area contributed by atoms with Gasteiger partial charge in [0.1, 0.15) is 5.65 Å². The second-order valence-corrected chi connectivity index (χ2v) is 9.82. The van der Waals surface area contributed by atoms with Crippen LogP contribution in [0.15, 0.2) is 140 Å². The van der Waals surface area contributed by atoms with Crippen LogP contribution in [0.2, 0.25) is 0 Å². The molecule has 0 fully saturated rings. The lowest BCUT2D eigenvalue weighted by molar-refractivity contribution is 1.15. The van der Waals surface area contributed by atoms with E-state index >= 15 is 0 Å². The number of nitrogens with one attached hydrogen (secondary N) is 1. The molecule has 8 rings (SSSR count). The number of benzene rings is 5. The van der Waals surface area contributed by atoms with E-state index in [4.69, 9.17) is 4.98 Å². The second-order valence-electron chi connectivity index (χ2n) is 9.82. The van der Waals surface area contributed by atoms with Crippen molar-refractivity contribution in [1.29, 1.82) is 0 Å². The molecule has 4 nitrogen and oxygen atoms in total. The molecule has 1 N–H and O–H groups in total. The van der Waals surface area contributed by atoms with Crippen molar-refractivity contribution in [2.24, 2.45) is 0 Å². The maximum absolute atomic E-state index is 4.89. The van der Waals surface area contributed by atoms with Gasteiger partial charge in [-0.2, -0.15) is 0 Å². The fourth-order valence-electron chi connectivity index (χ4n) is 5.81. The fourth-order valence-corrected chi connectivity index (χ4v) is 5.81. The summed E-state index contributed by atoms with van der Waals surface area (Å²) in [6.07, 6.45) is 1.97. The SMILES string of the molecule is c1ccc(N(c2ccccc2)c2ccc3[nH]c4ncc(-n5c6ccccc6c6ccccc65)cc4c3c2)cc1. The van der Waals surface area contributed by atoms with Crippen LogP contribution in [0.5, 0.6) is 0 Å². The summed E-state index contributed by atoms with van der Waals surface area (Å²) in [5, 5.41) is 4.74. The molecule has 0 aliphatic heterocycles. The van der Waals surface area contributed by atoms with Crippen molar-refractivity contribution in [2.75, 3.05) is 4.90 Å². The minimum Gasteiger partial charge on any atom is -0.339 e. The number of nitrogens with zero attached hydrogens (tertiary/aromatic N) is 3. The largest absolute Gasteiger partial charge is 0.339 e. The first-order valence-corrected chi connectivity index (χ1v) is 13.2. The Morgan fingerprint density at radius 1 is 0.513 bits per heavy atom. The zero-order chi connectivity index (χ0) is 25.8. The Labute approximate surface area is 225 Å². The Balaban J connectivity index is 1.36. The van der Waals surface area contributed by atoms with Gasteiger partial charge in [0.05, 0.1) is 22.9 Å². The van der Waals surface area contributed by atoms with Gasteiger partial charge in [0.15, 0.2) is 0 Å². The van der Waals surface area contributed by atoms with Gasteiger partial charge in [-0.25, -0.2) is 4.98 Å². The Hall–Kier alpha value is -5.35. The molecule has 0 bridgehead atoms. The van der Waals surface area contributed by atoms with Crippen molar-refractivity contribution in [3.63, 3.8) is 0 Å². The van der Waals surface area contributed by atoms with Gasteiger partial charge in [-0.15, -0.1) is 0 Å². The Morgan fingerprint density at radius 2 is 1.10 bits per heavy atom. The van der Waals surface area contributed by atoms with Crippen molar-refractivity contribution >= 4 is 60.8 Å². The maximum atomic E-state index is 4.89. The third-order valence-corrected chi connectivity index (χ3v) is 7.54. The topological polar surface area (TPSA) is 36.9 Å². The zero-order valence-electron chi connectivity index (χ0n) is 21.1. The van der Waals surface area contributed by atoms with Gasteiger partial charge in [-0.05, 0) is 60.7 Å². The predicted octanol–water partition coefficient (Wildman–Crippen LogP) is 9.28. The highest BCUT2D eigenvalue weighted by molar-refractivity contribution is 6.11. The lowest BCUT2D eigenvalue weighted by Gasteiger charge is -2.25. The van der Waals surface area contributed by atoms with Gasteiger partial charge in [0.2, 0.25) is 0 Å². The molecule has 0 radical (unpaired) electrons. The number of H-pyrrole nitrogens is 1. The van der Waals surface area contributed by atoms with E-state index in [0.717, 1.165) is 44.7 Å². The van der Waals surface area contributed by atoms with E-state index in [2.05, 4.69) is 148 Å². The summed E-state index contributed by atoms with van der Waals surface area (Å²) >= 11 is 0. The minimum atomic E-state index is 0.887. The number of pyridine rings is 1. The first-order chi connectivity index (χ1) is 19.3. The van der Waals surface area contributed by atoms with E-state index in [9.17, 15) is 0 Å². The van der Waals surface area contributed by atoms with Gasteiger partial charge in [0, 0.05) is 44.1 Å². The van der Waals surface area contributed by atoms with Crippen molar-refractivity contribution in [3.8, 4) is 5.69 Å². The molecule has 0 atom stereocenters. The summed E-state index contributed by atoms with van der Waals surface area (Å²) in [7, 11) is 0. The van der Waals surface area contributed by atoms with Crippen LogP contribution in [0.3, 0.4) is 0 Å². The van der Waals surface area contributed by atoms with Crippen LogP contribution in [0.4, 0.5) is 17.1 Å². The molecule has 5 aromatic carbocycles. The van der Waals surface area contributed by atoms with Crippen LogP contribution in [-0.4, -0.2) is 14.5 Å². The number of hydrogen-bond donors (Lipinski definition) is 1. The van der Waals surface area contributed by atoms with Crippen molar-refractivity contribution in [2.45, 2.75) is 0 Å². The van der Waals surface area contributed by atoms with Crippen LogP contribution < -0.4 is 4.90 Å². The van der Waals surface area contributed by atoms with Crippen LogP contribution in [0.1, 0.15) is 0 Å². The van der Waals surface area contributed by atoms with Gasteiger partial charge in [0.25, 0.3) is 0 Å². The summed E-state index contributed by atoms with van der Waals surface area (Å²) in [4.78, 5) is 10.7. The number of aromatic amines is 1. The predicted molar refractivity (Wildman–Crippen MR) is 163 cm³/mol. The highest BCUT2D eigenvalue weighted by Gasteiger charge is 2.16. The standard InChI is InChI=1S/C35H24N4/c1-3-11-24(12-4-1)38(25-13-5-2-6-14-25)26-19-20-32-30(21-26)31-22-27(23-36-35(31)37-32)39-33-17-9-7-15-28(33)29-16-8-10-18-34(29)39/h1-23H,(H,36,37). The number of rotatable bonds is 4. The van der Waals surface area contributed by atoms with Gasteiger partial charge in [-0.3, -0.25) is 0 Å². The van der Waals surface area contributed by atoms with Gasteiger partial charge in [-0.1, -0.05) is 72.8 Å².